The Bertz CT molecular complexity index is 3100. The number of nitrogens with zero attached hydrogens (tertiary/aromatic N) is 1. The van der Waals surface area contributed by atoms with Crippen molar-refractivity contribution in [3.8, 4) is 44.5 Å². The van der Waals surface area contributed by atoms with Crippen molar-refractivity contribution >= 4 is 76.9 Å². The molecule has 0 aliphatic carbocycles. The van der Waals surface area contributed by atoms with E-state index in [1.165, 1.54) is 101 Å². The number of benzene rings is 9. The first-order valence-electron chi connectivity index (χ1n) is 18.1. The van der Waals surface area contributed by atoms with Crippen molar-refractivity contribution in [1.82, 2.24) is 4.98 Å². The molecule has 11 aromatic rings. The number of hydrogen-bond donors (Lipinski definition) is 0. The van der Waals surface area contributed by atoms with E-state index < -0.39 is 0 Å². The molecule has 2 aromatic heterocycles. The summed E-state index contributed by atoms with van der Waals surface area (Å²) in [6, 6.07) is 65.0. The van der Waals surface area contributed by atoms with Crippen molar-refractivity contribution in [3.05, 3.63) is 188 Å². The first kappa shape index (κ1) is 30.3. The van der Waals surface area contributed by atoms with Crippen LogP contribution >= 0.6 is 0 Å². The van der Waals surface area contributed by atoms with Gasteiger partial charge in [0.15, 0.2) is 0 Å². The van der Waals surface area contributed by atoms with Gasteiger partial charge in [0, 0.05) is 0 Å². The zero-order valence-corrected chi connectivity index (χ0v) is 30.5. The van der Waals surface area contributed by atoms with E-state index in [0.717, 1.165) is 5.56 Å². The Morgan fingerprint density at radius 3 is 1.34 bits per heavy atom. The van der Waals surface area contributed by atoms with E-state index in [4.69, 9.17) is 0 Å². The molecule has 0 bridgehead atoms. The zero-order valence-electron chi connectivity index (χ0n) is 28.8. The van der Waals surface area contributed by atoms with Crippen LogP contribution in [0.15, 0.2) is 188 Å². The fourth-order valence-electron chi connectivity index (χ4n) is 8.75. The Morgan fingerprint density at radius 2 is 0.792 bits per heavy atom. The van der Waals surface area contributed by atoms with Gasteiger partial charge in [-0.25, -0.2) is 0 Å². The van der Waals surface area contributed by atoms with Gasteiger partial charge in [0.25, 0.3) is 0 Å². The van der Waals surface area contributed by atoms with E-state index >= 15 is 0 Å². The first-order valence-corrected chi connectivity index (χ1v) is 19.8. The fourth-order valence-corrected chi connectivity index (χ4v) is 11.4. The third-order valence-electron chi connectivity index (χ3n) is 10.9. The van der Waals surface area contributed by atoms with Crippen molar-refractivity contribution in [2.24, 2.45) is 0 Å². The summed E-state index contributed by atoms with van der Waals surface area (Å²) in [6.45, 7) is 0. The van der Waals surface area contributed by atoms with E-state index in [1.807, 2.05) is 18.5 Å². The van der Waals surface area contributed by atoms with E-state index in [2.05, 4.69) is 175 Å². The summed E-state index contributed by atoms with van der Waals surface area (Å²) in [5.74, 6) is 0. The topological polar surface area (TPSA) is 12.9 Å². The quantitative estimate of drug-likeness (QED) is 0.130. The minimum absolute atomic E-state index is 0.122. The molecule has 11 rings (SSSR count). The molecule has 246 valence electrons. The van der Waals surface area contributed by atoms with Crippen molar-refractivity contribution in [2.75, 3.05) is 0 Å². The molecule has 53 heavy (non-hydrogen) atoms. The van der Waals surface area contributed by atoms with Crippen LogP contribution in [0.25, 0.3) is 107 Å². The number of rotatable bonds is 4. The van der Waals surface area contributed by atoms with Crippen LogP contribution in [0, 0.1) is 0 Å². The van der Waals surface area contributed by atoms with Crippen molar-refractivity contribution < 1.29 is 0 Å². The SMILES string of the molecule is c1ccc(-c2c3ccccc3c(-c3ccc4c(c3)[se]c3c(-c5c6ccccc6c(-c6cccnc6)c6ccccc56)cccc34)c3ccccc23)cc1. The van der Waals surface area contributed by atoms with Gasteiger partial charge in [0.05, 0.1) is 0 Å². The maximum atomic E-state index is 4.51. The molecule has 0 amide bonds. The van der Waals surface area contributed by atoms with E-state index in [0.29, 0.717) is 0 Å². The number of aromatic nitrogens is 1. The molecule has 0 N–H and O–H groups in total. The minimum atomic E-state index is 0.122. The third kappa shape index (κ3) is 4.67. The first-order chi connectivity index (χ1) is 26.3. The molecule has 0 saturated carbocycles. The second kappa shape index (κ2) is 12.1. The molecule has 0 radical (unpaired) electrons. The molecule has 2 heterocycles. The van der Waals surface area contributed by atoms with Crippen LogP contribution in [0.2, 0.25) is 0 Å². The molecule has 9 aromatic carbocycles. The Balaban J connectivity index is 1.18. The average Bonchev–Trinajstić information content (AvgIpc) is 3.61. The van der Waals surface area contributed by atoms with Crippen LogP contribution in [-0.4, -0.2) is 19.5 Å². The van der Waals surface area contributed by atoms with Crippen molar-refractivity contribution in [1.29, 1.82) is 0 Å². The van der Waals surface area contributed by atoms with Crippen LogP contribution in [0.3, 0.4) is 0 Å². The van der Waals surface area contributed by atoms with Crippen LogP contribution in [0.4, 0.5) is 0 Å². The third-order valence-corrected chi connectivity index (χ3v) is 13.5. The fraction of sp³-hybridized carbons (Fsp3) is 0. The zero-order chi connectivity index (χ0) is 34.9. The van der Waals surface area contributed by atoms with Gasteiger partial charge in [-0.1, -0.05) is 0 Å². The molecule has 0 aliphatic heterocycles. The van der Waals surface area contributed by atoms with Crippen molar-refractivity contribution in [2.45, 2.75) is 0 Å². The van der Waals surface area contributed by atoms with Gasteiger partial charge >= 0.3 is 315 Å². The van der Waals surface area contributed by atoms with Gasteiger partial charge in [-0.2, -0.15) is 0 Å². The number of pyridine rings is 1. The van der Waals surface area contributed by atoms with E-state index in [-0.39, 0.29) is 14.5 Å². The second-order valence-corrected chi connectivity index (χ2v) is 16.0. The molecule has 2 heteroatoms. The summed E-state index contributed by atoms with van der Waals surface area (Å²) in [5.41, 5.74) is 10.2. The summed E-state index contributed by atoms with van der Waals surface area (Å²) >= 11 is 0.122. The van der Waals surface area contributed by atoms with E-state index in [1.54, 1.807) is 0 Å². The molecule has 0 unspecified atom stereocenters. The van der Waals surface area contributed by atoms with Crippen LogP contribution in [-0.2, 0) is 0 Å². The van der Waals surface area contributed by atoms with Gasteiger partial charge < -0.3 is 0 Å². The summed E-state index contributed by atoms with van der Waals surface area (Å²) in [4.78, 5) is 4.51. The Hall–Kier alpha value is -6.31. The van der Waals surface area contributed by atoms with Crippen LogP contribution in [0.1, 0.15) is 0 Å². The maximum absolute atomic E-state index is 4.51. The summed E-state index contributed by atoms with van der Waals surface area (Å²) < 4.78 is 2.91. The average molecular weight is 737 g/mol. The standard InChI is InChI=1S/C51H31NSe/c1-2-14-32(15-3-1)47-36-17-4-6-19-38(36)48(39-20-7-5-18-37(39)47)33-27-28-35-44-25-12-26-45(51(44)53-46(35)30-33)50-42-23-10-8-21-40(42)49(34-16-13-29-52-31-34)41-22-9-11-24-43(41)50/h1-31H. The van der Waals surface area contributed by atoms with Crippen molar-refractivity contribution in [3.63, 3.8) is 0 Å². The predicted octanol–water partition coefficient (Wildman–Crippen LogP) is 13.7. The molecule has 0 aliphatic rings. The van der Waals surface area contributed by atoms with Crippen LogP contribution in [0.5, 0.6) is 0 Å². The molecule has 0 fully saturated rings. The van der Waals surface area contributed by atoms with Crippen LogP contribution < -0.4 is 0 Å². The summed E-state index contributed by atoms with van der Waals surface area (Å²) in [6.07, 6.45) is 3.85. The monoisotopic (exact) mass is 737 g/mol. The number of fused-ring (bicyclic) bond motifs is 7. The predicted molar refractivity (Wildman–Crippen MR) is 228 cm³/mol. The Labute approximate surface area is 313 Å². The Morgan fingerprint density at radius 1 is 0.321 bits per heavy atom. The van der Waals surface area contributed by atoms with Gasteiger partial charge in [0.1, 0.15) is 0 Å². The molecular weight excluding hydrogens is 706 g/mol. The second-order valence-electron chi connectivity index (χ2n) is 13.8. The van der Waals surface area contributed by atoms with E-state index in [9.17, 15) is 0 Å². The van der Waals surface area contributed by atoms with Gasteiger partial charge in [0.2, 0.25) is 0 Å². The summed E-state index contributed by atoms with van der Waals surface area (Å²) in [7, 11) is 0. The van der Waals surface area contributed by atoms with Gasteiger partial charge in [-0.15, -0.1) is 0 Å². The molecule has 0 spiro atoms. The summed E-state index contributed by atoms with van der Waals surface area (Å²) in [5, 5.41) is 13.0. The molecule has 0 saturated heterocycles. The van der Waals surface area contributed by atoms with Gasteiger partial charge in [-0.3, -0.25) is 0 Å². The molecule has 0 atom stereocenters. The number of hydrogen-bond acceptors (Lipinski definition) is 1. The van der Waals surface area contributed by atoms with Gasteiger partial charge in [-0.05, 0) is 0 Å². The normalized spacial score (nSPS) is 11.8. The Kier molecular flexibility index (Phi) is 6.95. The molecule has 1 nitrogen and oxygen atoms in total. The molecular formula is C51H31NSe.